The second-order valence-corrected chi connectivity index (χ2v) is 5.04. The molecule has 0 atom stereocenters. The van der Waals surface area contributed by atoms with Crippen molar-refractivity contribution in [1.29, 1.82) is 0 Å². The quantitative estimate of drug-likeness (QED) is 0.836. The molecule has 2 aromatic carbocycles. The van der Waals surface area contributed by atoms with Gasteiger partial charge in [0.25, 0.3) is 0 Å². The van der Waals surface area contributed by atoms with Crippen LogP contribution in [0.2, 0.25) is 5.02 Å². The zero-order chi connectivity index (χ0) is 15.2. The lowest BCUT2D eigenvalue weighted by atomic mass is 10.1. The summed E-state index contributed by atoms with van der Waals surface area (Å²) in [5.74, 6) is -0.312. The highest BCUT2D eigenvalue weighted by atomic mass is 35.5. The molecule has 3 nitrogen and oxygen atoms in total. The summed E-state index contributed by atoms with van der Waals surface area (Å²) >= 11 is 6.10. The van der Waals surface area contributed by atoms with E-state index < -0.39 is 5.97 Å². The molecule has 0 bridgehead atoms. The van der Waals surface area contributed by atoms with Gasteiger partial charge in [-0.15, -0.1) is 0 Å². The van der Waals surface area contributed by atoms with Crippen LogP contribution in [0.5, 0.6) is 5.75 Å². The van der Waals surface area contributed by atoms with Gasteiger partial charge in [0.15, 0.2) is 0 Å². The Morgan fingerprint density at radius 2 is 1.95 bits per heavy atom. The Bertz CT molecular complexity index is 660. The van der Waals surface area contributed by atoms with Gasteiger partial charge in [-0.3, -0.25) is 0 Å². The number of carboxylic acids is 1. The van der Waals surface area contributed by atoms with Crippen LogP contribution in [-0.4, -0.2) is 11.1 Å². The van der Waals surface area contributed by atoms with E-state index in [1.807, 2.05) is 49.4 Å². The van der Waals surface area contributed by atoms with E-state index in [2.05, 4.69) is 0 Å². The van der Waals surface area contributed by atoms with Crippen LogP contribution in [0.1, 0.15) is 16.7 Å². The van der Waals surface area contributed by atoms with Crippen molar-refractivity contribution in [3.8, 4) is 5.75 Å². The predicted molar refractivity (Wildman–Crippen MR) is 83.6 cm³/mol. The van der Waals surface area contributed by atoms with Gasteiger partial charge in [-0.25, -0.2) is 4.79 Å². The molecule has 0 saturated heterocycles. The molecule has 0 aliphatic rings. The summed E-state index contributed by atoms with van der Waals surface area (Å²) in [5, 5.41) is 9.16. The maximum absolute atomic E-state index is 10.4. The van der Waals surface area contributed by atoms with Gasteiger partial charge in [-0.05, 0) is 41.8 Å². The third kappa shape index (κ3) is 4.65. The second kappa shape index (κ2) is 6.95. The predicted octanol–water partition coefficient (Wildman–Crippen LogP) is 4.33. The summed E-state index contributed by atoms with van der Waals surface area (Å²) < 4.78 is 5.67. The number of hydrogen-bond acceptors (Lipinski definition) is 2. The molecule has 0 aliphatic heterocycles. The van der Waals surface area contributed by atoms with E-state index in [9.17, 15) is 4.79 Å². The monoisotopic (exact) mass is 302 g/mol. The van der Waals surface area contributed by atoms with E-state index in [0.29, 0.717) is 17.4 Å². The molecule has 4 heteroatoms. The fourth-order valence-electron chi connectivity index (χ4n) is 1.78. The molecule has 0 heterocycles. The van der Waals surface area contributed by atoms with Crippen molar-refractivity contribution in [2.24, 2.45) is 0 Å². The number of benzene rings is 2. The highest BCUT2D eigenvalue weighted by molar-refractivity contribution is 6.32. The number of halogens is 1. The molecule has 0 amide bonds. The molecule has 21 heavy (non-hydrogen) atoms. The number of hydrogen-bond donors (Lipinski definition) is 1. The summed E-state index contributed by atoms with van der Waals surface area (Å²) in [5.41, 5.74) is 2.90. The maximum Gasteiger partial charge on any atom is 0.328 e. The highest BCUT2D eigenvalue weighted by Gasteiger charge is 2.02. The van der Waals surface area contributed by atoms with Crippen LogP contribution in [0, 0.1) is 6.92 Å². The van der Waals surface area contributed by atoms with Crippen LogP contribution >= 0.6 is 11.6 Å². The lowest BCUT2D eigenvalue weighted by Gasteiger charge is -2.08. The molecule has 0 aromatic heterocycles. The SMILES string of the molecule is Cc1ccc(OCc2ccc(C=CC(=O)O)cc2)c(Cl)c1. The Kier molecular flexibility index (Phi) is 5.01. The molecule has 0 spiro atoms. The first-order chi connectivity index (χ1) is 10.0. The fourth-order valence-corrected chi connectivity index (χ4v) is 2.07. The zero-order valence-electron chi connectivity index (χ0n) is 11.5. The number of rotatable bonds is 5. The number of ether oxygens (including phenoxy) is 1. The van der Waals surface area contributed by atoms with Gasteiger partial charge >= 0.3 is 5.97 Å². The average molecular weight is 303 g/mol. The van der Waals surface area contributed by atoms with Gasteiger partial charge in [0.1, 0.15) is 12.4 Å². The van der Waals surface area contributed by atoms with Gasteiger partial charge in [-0.2, -0.15) is 0 Å². The molecule has 1 N–H and O–H groups in total. The normalized spacial score (nSPS) is 10.8. The van der Waals surface area contributed by atoms with Crippen molar-refractivity contribution in [1.82, 2.24) is 0 Å². The standard InChI is InChI=1S/C17H15ClO3/c1-12-2-8-16(15(18)10-12)21-11-14-5-3-13(4-6-14)7-9-17(19)20/h2-10H,11H2,1H3,(H,19,20). The molecule has 0 fully saturated rings. The first-order valence-electron chi connectivity index (χ1n) is 6.43. The van der Waals surface area contributed by atoms with Crippen molar-refractivity contribution in [3.05, 3.63) is 70.3 Å². The number of carbonyl (C=O) groups is 1. The minimum Gasteiger partial charge on any atom is -0.487 e. The molecule has 0 radical (unpaired) electrons. The minimum atomic E-state index is -0.962. The van der Waals surface area contributed by atoms with E-state index >= 15 is 0 Å². The van der Waals surface area contributed by atoms with Gasteiger partial charge in [0, 0.05) is 6.08 Å². The molecular formula is C17H15ClO3. The van der Waals surface area contributed by atoms with Crippen molar-refractivity contribution in [2.75, 3.05) is 0 Å². The van der Waals surface area contributed by atoms with Crippen LogP contribution < -0.4 is 4.74 Å². The van der Waals surface area contributed by atoms with Crippen LogP contribution in [-0.2, 0) is 11.4 Å². The molecule has 0 unspecified atom stereocenters. The first-order valence-corrected chi connectivity index (χ1v) is 6.81. The lowest BCUT2D eigenvalue weighted by Crippen LogP contribution is -1.96. The van der Waals surface area contributed by atoms with Crippen LogP contribution in [0.4, 0.5) is 0 Å². The Morgan fingerprint density at radius 1 is 1.24 bits per heavy atom. The largest absolute Gasteiger partial charge is 0.487 e. The Hall–Kier alpha value is -2.26. The summed E-state index contributed by atoms with van der Waals surface area (Å²) in [6.07, 6.45) is 2.65. The third-order valence-electron chi connectivity index (χ3n) is 2.88. The highest BCUT2D eigenvalue weighted by Crippen LogP contribution is 2.26. The Labute approximate surface area is 128 Å². The molecule has 0 saturated carbocycles. The fraction of sp³-hybridized carbons (Fsp3) is 0.118. The molecule has 0 aliphatic carbocycles. The molecule has 108 valence electrons. The molecule has 2 rings (SSSR count). The Morgan fingerprint density at radius 3 is 2.57 bits per heavy atom. The van der Waals surface area contributed by atoms with Crippen LogP contribution in [0.15, 0.2) is 48.5 Å². The smallest absolute Gasteiger partial charge is 0.328 e. The topological polar surface area (TPSA) is 46.5 Å². The zero-order valence-corrected chi connectivity index (χ0v) is 12.3. The van der Waals surface area contributed by atoms with Crippen molar-refractivity contribution < 1.29 is 14.6 Å². The van der Waals surface area contributed by atoms with E-state index in [4.69, 9.17) is 21.4 Å². The van der Waals surface area contributed by atoms with E-state index in [0.717, 1.165) is 22.8 Å². The van der Waals surface area contributed by atoms with Crippen molar-refractivity contribution in [2.45, 2.75) is 13.5 Å². The summed E-state index contributed by atoms with van der Waals surface area (Å²) in [6, 6.07) is 13.1. The average Bonchev–Trinajstić information content (AvgIpc) is 2.45. The first kappa shape index (κ1) is 15.1. The minimum absolute atomic E-state index is 0.408. The number of aryl methyl sites for hydroxylation is 1. The van der Waals surface area contributed by atoms with E-state index in [-0.39, 0.29) is 0 Å². The van der Waals surface area contributed by atoms with Crippen molar-refractivity contribution in [3.63, 3.8) is 0 Å². The molecular weight excluding hydrogens is 288 g/mol. The Balaban J connectivity index is 1.99. The lowest BCUT2D eigenvalue weighted by molar-refractivity contribution is -0.131. The summed E-state index contributed by atoms with van der Waals surface area (Å²) in [6.45, 7) is 2.38. The van der Waals surface area contributed by atoms with Gasteiger partial charge < -0.3 is 9.84 Å². The van der Waals surface area contributed by atoms with Crippen LogP contribution in [0.25, 0.3) is 6.08 Å². The summed E-state index contributed by atoms with van der Waals surface area (Å²) in [4.78, 5) is 10.4. The maximum atomic E-state index is 10.4. The van der Waals surface area contributed by atoms with Crippen LogP contribution in [0.3, 0.4) is 0 Å². The third-order valence-corrected chi connectivity index (χ3v) is 3.18. The van der Waals surface area contributed by atoms with Gasteiger partial charge in [-0.1, -0.05) is 41.9 Å². The van der Waals surface area contributed by atoms with Crippen molar-refractivity contribution >= 4 is 23.6 Å². The van der Waals surface area contributed by atoms with E-state index in [1.54, 1.807) is 6.08 Å². The second-order valence-electron chi connectivity index (χ2n) is 4.64. The molecule has 2 aromatic rings. The van der Waals surface area contributed by atoms with Gasteiger partial charge in [0.05, 0.1) is 5.02 Å². The van der Waals surface area contributed by atoms with Gasteiger partial charge in [0.2, 0.25) is 0 Å². The number of aliphatic carboxylic acids is 1. The number of carboxylic acid groups (broad SMARTS) is 1. The van der Waals surface area contributed by atoms with E-state index in [1.165, 1.54) is 0 Å². The summed E-state index contributed by atoms with van der Waals surface area (Å²) in [7, 11) is 0.